The van der Waals surface area contributed by atoms with E-state index in [9.17, 15) is 0 Å². The molecule has 0 amide bonds. The molecule has 1 aromatic carbocycles. The van der Waals surface area contributed by atoms with Crippen LogP contribution in [0.2, 0.25) is 0 Å². The fraction of sp³-hybridized carbons (Fsp3) is 0.727. The molecule has 2 saturated carbocycles. The fourth-order valence-corrected chi connectivity index (χ4v) is 6.42. The molecular formula is C22H34S. The van der Waals surface area contributed by atoms with Crippen LogP contribution in [0.25, 0.3) is 0 Å². The van der Waals surface area contributed by atoms with Crippen molar-refractivity contribution in [2.24, 2.45) is 23.7 Å². The summed E-state index contributed by atoms with van der Waals surface area (Å²) in [7, 11) is 0. The summed E-state index contributed by atoms with van der Waals surface area (Å²) in [6.07, 6.45) is 10.3. The first-order valence-electron chi connectivity index (χ1n) is 9.78. The number of benzene rings is 1. The maximum atomic E-state index is 2.54. The molecule has 4 atom stereocenters. The van der Waals surface area contributed by atoms with E-state index in [2.05, 4.69) is 57.7 Å². The minimum Gasteiger partial charge on any atom is -0.123 e. The topological polar surface area (TPSA) is 0 Å². The molecule has 2 aliphatic carbocycles. The Morgan fingerprint density at radius 3 is 2.35 bits per heavy atom. The van der Waals surface area contributed by atoms with E-state index in [1.54, 1.807) is 0 Å². The van der Waals surface area contributed by atoms with Crippen LogP contribution in [0.3, 0.4) is 0 Å². The highest BCUT2D eigenvalue weighted by Crippen LogP contribution is 2.47. The van der Waals surface area contributed by atoms with Gasteiger partial charge >= 0.3 is 0 Å². The van der Waals surface area contributed by atoms with Crippen molar-refractivity contribution in [3.05, 3.63) is 29.3 Å². The Hall–Kier alpha value is -0.430. The molecule has 0 spiro atoms. The van der Waals surface area contributed by atoms with E-state index < -0.39 is 0 Å². The quantitative estimate of drug-likeness (QED) is 0.573. The highest BCUT2D eigenvalue weighted by molar-refractivity contribution is 8.00. The number of thioether (sulfide) groups is 1. The molecule has 1 heteroatoms. The van der Waals surface area contributed by atoms with Crippen molar-refractivity contribution in [1.29, 1.82) is 0 Å². The van der Waals surface area contributed by atoms with Crippen LogP contribution in [-0.2, 0) is 0 Å². The molecule has 3 rings (SSSR count). The Labute approximate surface area is 147 Å². The largest absolute Gasteiger partial charge is 0.123 e. The van der Waals surface area contributed by atoms with Gasteiger partial charge in [0.2, 0.25) is 0 Å². The predicted octanol–water partition coefficient (Wildman–Crippen LogP) is 7.03. The van der Waals surface area contributed by atoms with Crippen LogP contribution >= 0.6 is 11.8 Å². The Bertz CT molecular complexity index is 515. The van der Waals surface area contributed by atoms with Crippen LogP contribution in [0.1, 0.15) is 69.9 Å². The van der Waals surface area contributed by atoms with E-state index in [1.165, 1.54) is 61.0 Å². The van der Waals surface area contributed by atoms with Gasteiger partial charge in [-0.15, -0.1) is 11.8 Å². The molecule has 0 aromatic heterocycles. The predicted molar refractivity (Wildman–Crippen MR) is 103 cm³/mol. The van der Waals surface area contributed by atoms with Crippen molar-refractivity contribution in [2.75, 3.05) is 0 Å². The van der Waals surface area contributed by atoms with Crippen molar-refractivity contribution >= 4 is 11.8 Å². The lowest BCUT2D eigenvalue weighted by Gasteiger charge is -2.44. The van der Waals surface area contributed by atoms with Crippen molar-refractivity contribution in [3.63, 3.8) is 0 Å². The molecule has 0 N–H and O–H groups in total. The third-order valence-electron chi connectivity index (χ3n) is 6.78. The van der Waals surface area contributed by atoms with Crippen LogP contribution in [0.5, 0.6) is 0 Å². The van der Waals surface area contributed by atoms with Crippen LogP contribution < -0.4 is 0 Å². The van der Waals surface area contributed by atoms with Crippen LogP contribution in [-0.4, -0.2) is 5.25 Å². The summed E-state index contributed by atoms with van der Waals surface area (Å²) in [5.41, 5.74) is 2.86. The zero-order valence-electron chi connectivity index (χ0n) is 15.5. The standard InChI is InChI=1S/C22H34S/c1-15-10-11-20(12-16(15)2)23-21-13-17(3)18(4)22(14-21)19-8-6-5-7-9-19/h10-12,17-19,21-22H,5-9,13-14H2,1-4H3. The second-order valence-electron chi connectivity index (χ2n) is 8.36. The lowest BCUT2D eigenvalue weighted by molar-refractivity contribution is 0.103. The summed E-state index contributed by atoms with van der Waals surface area (Å²) >= 11 is 2.16. The van der Waals surface area contributed by atoms with Gasteiger partial charge in [-0.25, -0.2) is 0 Å². The molecule has 2 aliphatic rings. The van der Waals surface area contributed by atoms with Crippen molar-refractivity contribution in [3.8, 4) is 0 Å². The highest BCUT2D eigenvalue weighted by atomic mass is 32.2. The minimum absolute atomic E-state index is 0.829. The first-order valence-corrected chi connectivity index (χ1v) is 10.7. The maximum absolute atomic E-state index is 2.54. The Kier molecular flexibility index (Phi) is 5.78. The van der Waals surface area contributed by atoms with Gasteiger partial charge in [-0.1, -0.05) is 52.0 Å². The Morgan fingerprint density at radius 2 is 1.65 bits per heavy atom. The molecule has 0 saturated heterocycles. The second-order valence-corrected chi connectivity index (χ2v) is 9.73. The van der Waals surface area contributed by atoms with E-state index in [0.29, 0.717) is 0 Å². The first kappa shape index (κ1) is 17.4. The van der Waals surface area contributed by atoms with E-state index in [0.717, 1.165) is 28.9 Å². The summed E-state index contributed by atoms with van der Waals surface area (Å²) < 4.78 is 0. The van der Waals surface area contributed by atoms with Crippen molar-refractivity contribution in [2.45, 2.75) is 82.8 Å². The van der Waals surface area contributed by atoms with Gasteiger partial charge in [0.05, 0.1) is 0 Å². The molecule has 23 heavy (non-hydrogen) atoms. The van der Waals surface area contributed by atoms with E-state index >= 15 is 0 Å². The van der Waals surface area contributed by atoms with Gasteiger partial charge < -0.3 is 0 Å². The zero-order valence-corrected chi connectivity index (χ0v) is 16.3. The average Bonchev–Trinajstić information content (AvgIpc) is 2.55. The van der Waals surface area contributed by atoms with Gasteiger partial charge in [-0.05, 0) is 73.6 Å². The van der Waals surface area contributed by atoms with Gasteiger partial charge in [-0.2, -0.15) is 0 Å². The summed E-state index contributed by atoms with van der Waals surface area (Å²) in [4.78, 5) is 1.49. The van der Waals surface area contributed by atoms with Crippen LogP contribution in [0.15, 0.2) is 23.1 Å². The Morgan fingerprint density at radius 1 is 0.913 bits per heavy atom. The fourth-order valence-electron chi connectivity index (χ4n) is 4.93. The number of rotatable bonds is 3. The molecule has 0 bridgehead atoms. The van der Waals surface area contributed by atoms with Gasteiger partial charge in [0, 0.05) is 10.1 Å². The lowest BCUT2D eigenvalue weighted by atomic mass is 9.65. The first-order chi connectivity index (χ1) is 11.0. The normalized spacial score (nSPS) is 32.9. The highest BCUT2D eigenvalue weighted by Gasteiger charge is 2.37. The summed E-state index contributed by atoms with van der Waals surface area (Å²) in [5.74, 6) is 3.81. The molecule has 1 aromatic rings. The van der Waals surface area contributed by atoms with Gasteiger partial charge in [0.25, 0.3) is 0 Å². The molecular weight excluding hydrogens is 296 g/mol. The summed E-state index contributed by atoms with van der Waals surface area (Å²) in [5, 5.41) is 0.829. The monoisotopic (exact) mass is 330 g/mol. The van der Waals surface area contributed by atoms with Crippen LogP contribution in [0.4, 0.5) is 0 Å². The minimum atomic E-state index is 0.829. The number of hydrogen-bond donors (Lipinski definition) is 0. The smallest absolute Gasteiger partial charge is 0.00998 e. The van der Waals surface area contributed by atoms with Gasteiger partial charge in [-0.3, -0.25) is 0 Å². The average molecular weight is 331 g/mol. The van der Waals surface area contributed by atoms with Crippen molar-refractivity contribution < 1.29 is 0 Å². The van der Waals surface area contributed by atoms with E-state index in [4.69, 9.17) is 0 Å². The summed E-state index contributed by atoms with van der Waals surface area (Å²) in [6.45, 7) is 9.51. The van der Waals surface area contributed by atoms with Gasteiger partial charge in [0.1, 0.15) is 0 Å². The third-order valence-corrected chi connectivity index (χ3v) is 8.02. The van der Waals surface area contributed by atoms with E-state index in [-0.39, 0.29) is 0 Å². The second kappa shape index (κ2) is 7.64. The molecule has 2 fully saturated rings. The van der Waals surface area contributed by atoms with Crippen LogP contribution in [0, 0.1) is 37.5 Å². The maximum Gasteiger partial charge on any atom is 0.00998 e. The molecule has 0 heterocycles. The van der Waals surface area contributed by atoms with E-state index in [1.807, 2.05) is 0 Å². The molecule has 128 valence electrons. The molecule has 4 unspecified atom stereocenters. The Balaban J connectivity index is 1.68. The number of hydrogen-bond acceptors (Lipinski definition) is 1. The molecule has 0 radical (unpaired) electrons. The van der Waals surface area contributed by atoms with Crippen molar-refractivity contribution in [1.82, 2.24) is 0 Å². The SMILES string of the molecule is Cc1ccc(SC2CC(C)C(C)C(C3CCCCC3)C2)cc1C. The zero-order chi connectivity index (χ0) is 16.4. The number of aryl methyl sites for hydroxylation is 2. The third kappa shape index (κ3) is 4.16. The summed E-state index contributed by atoms with van der Waals surface area (Å²) in [6, 6.07) is 7.04. The molecule has 0 aliphatic heterocycles. The lowest BCUT2D eigenvalue weighted by Crippen LogP contribution is -2.36. The van der Waals surface area contributed by atoms with Gasteiger partial charge in [0.15, 0.2) is 0 Å². The molecule has 0 nitrogen and oxygen atoms in total.